The maximum atomic E-state index is 11.1. The second kappa shape index (κ2) is 10.5. The fourth-order valence-corrected chi connectivity index (χ4v) is 2.58. The van der Waals surface area contributed by atoms with Crippen LogP contribution in [0.3, 0.4) is 0 Å². The number of benzene rings is 1. The lowest BCUT2D eigenvalue weighted by atomic mass is 10.0. The summed E-state index contributed by atoms with van der Waals surface area (Å²) >= 11 is 0. The number of aromatic hydroxyl groups is 2. The quantitative estimate of drug-likeness (QED) is 0.387. The fraction of sp³-hybridized carbons (Fsp3) is 0.409. The SMILES string of the molecule is CC(C)=CCCC(C)=CCCC(C)=CCc1cc(C(=O)O)cc(O)c1O. The van der Waals surface area contributed by atoms with Crippen LogP contribution in [0.4, 0.5) is 0 Å². The number of phenolic OH excluding ortho intramolecular Hbond substituents is 2. The molecule has 0 radical (unpaired) electrons. The summed E-state index contributed by atoms with van der Waals surface area (Å²) in [5.41, 5.74) is 4.27. The molecule has 1 rings (SSSR count). The van der Waals surface area contributed by atoms with E-state index in [1.165, 1.54) is 17.2 Å². The summed E-state index contributed by atoms with van der Waals surface area (Å²) in [7, 11) is 0. The molecule has 1 aromatic carbocycles. The number of carboxylic acids is 1. The molecule has 0 heterocycles. The molecule has 0 spiro atoms. The van der Waals surface area contributed by atoms with Gasteiger partial charge in [0.05, 0.1) is 5.56 Å². The topological polar surface area (TPSA) is 77.8 Å². The van der Waals surface area contributed by atoms with Crippen LogP contribution in [0.1, 0.15) is 69.3 Å². The molecule has 0 amide bonds. The third-order valence-electron chi connectivity index (χ3n) is 4.21. The Morgan fingerprint density at radius 3 is 2.08 bits per heavy atom. The minimum atomic E-state index is -1.13. The molecule has 0 aromatic heterocycles. The molecule has 1 aromatic rings. The van der Waals surface area contributed by atoms with Crippen molar-refractivity contribution in [2.45, 2.75) is 59.8 Å². The predicted octanol–water partition coefficient (Wildman–Crippen LogP) is 5.76. The maximum Gasteiger partial charge on any atom is 0.335 e. The molecule has 4 nitrogen and oxygen atoms in total. The standard InChI is InChI=1S/C22H30O4/c1-15(2)7-5-8-16(3)9-6-10-17(4)11-12-18-13-19(22(25)26)14-20(23)21(18)24/h7,9,11,13-14,23-24H,5-6,8,10,12H2,1-4H3,(H,25,26). The van der Waals surface area contributed by atoms with E-state index in [1.807, 2.05) is 13.0 Å². The third kappa shape index (κ3) is 7.60. The van der Waals surface area contributed by atoms with Crippen molar-refractivity contribution in [3.63, 3.8) is 0 Å². The minimum absolute atomic E-state index is 0.0312. The van der Waals surface area contributed by atoms with E-state index in [-0.39, 0.29) is 11.3 Å². The van der Waals surface area contributed by atoms with Crippen molar-refractivity contribution in [1.29, 1.82) is 0 Å². The Balaban J connectivity index is 2.61. The summed E-state index contributed by atoms with van der Waals surface area (Å²) in [6.07, 6.45) is 10.9. The van der Waals surface area contributed by atoms with Crippen molar-refractivity contribution in [2.75, 3.05) is 0 Å². The van der Waals surface area contributed by atoms with Gasteiger partial charge < -0.3 is 15.3 Å². The zero-order valence-corrected chi connectivity index (χ0v) is 16.2. The number of aromatic carboxylic acids is 1. The molecule has 3 N–H and O–H groups in total. The van der Waals surface area contributed by atoms with Crippen molar-refractivity contribution in [3.8, 4) is 11.5 Å². The maximum absolute atomic E-state index is 11.1. The van der Waals surface area contributed by atoms with Crippen LogP contribution in [0.25, 0.3) is 0 Å². The summed E-state index contributed by atoms with van der Waals surface area (Å²) in [6, 6.07) is 2.45. The number of carboxylic acid groups (broad SMARTS) is 1. The molecule has 0 saturated heterocycles. The van der Waals surface area contributed by atoms with E-state index in [1.54, 1.807) is 0 Å². The highest BCUT2D eigenvalue weighted by atomic mass is 16.4. The second-order valence-corrected chi connectivity index (χ2v) is 6.97. The molecular formula is C22H30O4. The normalized spacial score (nSPS) is 12.2. The fourth-order valence-electron chi connectivity index (χ4n) is 2.58. The molecule has 0 aliphatic carbocycles. The number of hydrogen-bond donors (Lipinski definition) is 3. The van der Waals surface area contributed by atoms with E-state index in [9.17, 15) is 15.0 Å². The number of carbonyl (C=O) groups is 1. The first-order valence-corrected chi connectivity index (χ1v) is 8.93. The lowest BCUT2D eigenvalue weighted by Gasteiger charge is -2.07. The first-order valence-electron chi connectivity index (χ1n) is 8.93. The average Bonchev–Trinajstić information content (AvgIpc) is 2.55. The van der Waals surface area contributed by atoms with Gasteiger partial charge >= 0.3 is 5.97 Å². The lowest BCUT2D eigenvalue weighted by Crippen LogP contribution is -1.98. The van der Waals surface area contributed by atoms with Gasteiger partial charge in [-0.05, 0) is 71.9 Å². The van der Waals surface area contributed by atoms with Crippen LogP contribution in [0.2, 0.25) is 0 Å². The number of hydrogen-bond acceptors (Lipinski definition) is 3. The van der Waals surface area contributed by atoms with Gasteiger partial charge in [-0.15, -0.1) is 0 Å². The van der Waals surface area contributed by atoms with E-state index in [2.05, 4.69) is 32.9 Å². The lowest BCUT2D eigenvalue weighted by molar-refractivity contribution is 0.0696. The van der Waals surface area contributed by atoms with E-state index in [4.69, 9.17) is 5.11 Å². The van der Waals surface area contributed by atoms with Gasteiger partial charge in [0.25, 0.3) is 0 Å². The summed E-state index contributed by atoms with van der Waals surface area (Å²) in [4.78, 5) is 11.1. The second-order valence-electron chi connectivity index (χ2n) is 6.97. The van der Waals surface area contributed by atoms with Crippen molar-refractivity contribution in [3.05, 3.63) is 58.2 Å². The molecule has 0 fully saturated rings. The Morgan fingerprint density at radius 1 is 0.923 bits per heavy atom. The van der Waals surface area contributed by atoms with Gasteiger partial charge in [0, 0.05) is 5.56 Å². The predicted molar refractivity (Wildman–Crippen MR) is 106 cm³/mol. The van der Waals surface area contributed by atoms with Gasteiger partial charge in [0.1, 0.15) is 0 Å². The molecule has 26 heavy (non-hydrogen) atoms. The summed E-state index contributed by atoms with van der Waals surface area (Å²) in [5, 5.41) is 28.6. The molecule has 0 bridgehead atoms. The summed E-state index contributed by atoms with van der Waals surface area (Å²) in [6.45, 7) is 8.38. The molecule has 0 saturated carbocycles. The number of rotatable bonds is 9. The smallest absolute Gasteiger partial charge is 0.335 e. The largest absolute Gasteiger partial charge is 0.504 e. The molecule has 0 unspecified atom stereocenters. The van der Waals surface area contributed by atoms with E-state index in [0.717, 1.165) is 37.3 Å². The highest BCUT2D eigenvalue weighted by Gasteiger charge is 2.12. The van der Waals surface area contributed by atoms with E-state index < -0.39 is 11.7 Å². The monoisotopic (exact) mass is 358 g/mol. The highest BCUT2D eigenvalue weighted by molar-refractivity contribution is 5.89. The summed E-state index contributed by atoms with van der Waals surface area (Å²) < 4.78 is 0. The van der Waals surface area contributed by atoms with Crippen LogP contribution in [0.15, 0.2) is 47.1 Å². The Hall–Kier alpha value is -2.49. The van der Waals surface area contributed by atoms with E-state index in [0.29, 0.717) is 12.0 Å². The Morgan fingerprint density at radius 2 is 1.50 bits per heavy atom. The van der Waals surface area contributed by atoms with Crippen LogP contribution in [0.5, 0.6) is 11.5 Å². The van der Waals surface area contributed by atoms with Crippen LogP contribution in [-0.4, -0.2) is 21.3 Å². The molecule has 0 atom stereocenters. The first-order chi connectivity index (χ1) is 12.2. The van der Waals surface area contributed by atoms with Crippen LogP contribution in [-0.2, 0) is 6.42 Å². The first kappa shape index (κ1) is 21.6. The Kier molecular flexibility index (Phi) is 8.70. The Bertz CT molecular complexity index is 720. The van der Waals surface area contributed by atoms with Gasteiger partial charge in [0.15, 0.2) is 11.5 Å². The molecule has 4 heteroatoms. The van der Waals surface area contributed by atoms with Crippen molar-refractivity contribution < 1.29 is 20.1 Å². The van der Waals surface area contributed by atoms with Gasteiger partial charge in [-0.1, -0.05) is 34.9 Å². The average molecular weight is 358 g/mol. The molecule has 142 valence electrons. The van der Waals surface area contributed by atoms with Gasteiger partial charge in [-0.2, -0.15) is 0 Å². The van der Waals surface area contributed by atoms with Crippen molar-refractivity contribution in [2.24, 2.45) is 0 Å². The third-order valence-corrected chi connectivity index (χ3v) is 4.21. The minimum Gasteiger partial charge on any atom is -0.504 e. The molecule has 0 aliphatic rings. The number of phenols is 2. The zero-order chi connectivity index (χ0) is 19.7. The van der Waals surface area contributed by atoms with Crippen LogP contribution < -0.4 is 0 Å². The van der Waals surface area contributed by atoms with Gasteiger partial charge in [-0.3, -0.25) is 0 Å². The summed E-state index contributed by atoms with van der Waals surface area (Å²) in [5.74, 6) is -1.79. The number of allylic oxidation sites excluding steroid dienone is 6. The molecule has 0 aliphatic heterocycles. The van der Waals surface area contributed by atoms with Crippen molar-refractivity contribution >= 4 is 5.97 Å². The van der Waals surface area contributed by atoms with Gasteiger partial charge in [0.2, 0.25) is 0 Å². The Labute approximate surface area is 156 Å². The van der Waals surface area contributed by atoms with Crippen LogP contribution >= 0.6 is 0 Å². The zero-order valence-electron chi connectivity index (χ0n) is 16.2. The van der Waals surface area contributed by atoms with E-state index >= 15 is 0 Å². The molecular weight excluding hydrogens is 328 g/mol. The highest BCUT2D eigenvalue weighted by Crippen LogP contribution is 2.31. The van der Waals surface area contributed by atoms with Crippen LogP contribution in [0, 0.1) is 0 Å². The van der Waals surface area contributed by atoms with Gasteiger partial charge in [-0.25, -0.2) is 4.79 Å². The van der Waals surface area contributed by atoms with Crippen molar-refractivity contribution in [1.82, 2.24) is 0 Å².